The lowest BCUT2D eigenvalue weighted by atomic mass is 10.1. The molecule has 0 spiro atoms. The van der Waals surface area contributed by atoms with E-state index in [9.17, 15) is 9.18 Å². The van der Waals surface area contributed by atoms with Crippen molar-refractivity contribution in [1.29, 1.82) is 0 Å². The van der Waals surface area contributed by atoms with Crippen molar-refractivity contribution < 1.29 is 13.9 Å². The van der Waals surface area contributed by atoms with Gasteiger partial charge >= 0.3 is 0 Å². The van der Waals surface area contributed by atoms with Gasteiger partial charge in [-0.05, 0) is 36.8 Å². The number of rotatable bonds is 5. The molecule has 0 saturated carbocycles. The Hall–Kier alpha value is -3.15. The van der Waals surface area contributed by atoms with Gasteiger partial charge in [-0.25, -0.2) is 4.39 Å². The van der Waals surface area contributed by atoms with Crippen LogP contribution in [0, 0.1) is 12.7 Å². The number of aryl methyl sites for hydroxylation is 1. The third-order valence-corrected chi connectivity index (χ3v) is 3.86. The molecule has 0 aliphatic heterocycles. The molecule has 3 rings (SSSR count). The van der Waals surface area contributed by atoms with Crippen molar-refractivity contribution in [3.8, 4) is 17.0 Å². The minimum atomic E-state index is -0.389. The highest BCUT2D eigenvalue weighted by atomic mass is 19.1. The second kappa shape index (κ2) is 7.17. The van der Waals surface area contributed by atoms with Crippen LogP contribution < -0.4 is 10.1 Å². The highest BCUT2D eigenvalue weighted by molar-refractivity contribution is 5.96. The van der Waals surface area contributed by atoms with Crippen molar-refractivity contribution in [3.63, 3.8) is 0 Å². The maximum Gasteiger partial charge on any atom is 0.228 e. The molecule has 1 amide bonds. The van der Waals surface area contributed by atoms with Crippen LogP contribution in [0.2, 0.25) is 0 Å². The summed E-state index contributed by atoms with van der Waals surface area (Å²) in [6.07, 6.45) is 0.200. The van der Waals surface area contributed by atoms with E-state index in [2.05, 4.69) is 15.5 Å². The summed E-state index contributed by atoms with van der Waals surface area (Å²) >= 11 is 0. The molecule has 0 aliphatic carbocycles. The van der Waals surface area contributed by atoms with E-state index in [4.69, 9.17) is 4.74 Å². The minimum absolute atomic E-state index is 0.200. The molecule has 2 N–H and O–H groups in total. The van der Waals surface area contributed by atoms with E-state index in [1.54, 1.807) is 44.4 Å². The summed E-state index contributed by atoms with van der Waals surface area (Å²) in [6, 6.07) is 13.6. The molecule has 0 saturated heterocycles. The number of halogens is 1. The third-order valence-electron chi connectivity index (χ3n) is 3.86. The van der Waals surface area contributed by atoms with E-state index < -0.39 is 0 Å². The van der Waals surface area contributed by atoms with Crippen LogP contribution in [0.15, 0.2) is 48.5 Å². The Morgan fingerprint density at radius 3 is 2.60 bits per heavy atom. The Morgan fingerprint density at radius 1 is 1.20 bits per heavy atom. The van der Waals surface area contributed by atoms with E-state index in [0.29, 0.717) is 22.6 Å². The fourth-order valence-corrected chi connectivity index (χ4v) is 2.54. The normalized spacial score (nSPS) is 10.5. The molecule has 5 nitrogen and oxygen atoms in total. The van der Waals surface area contributed by atoms with Gasteiger partial charge in [0.25, 0.3) is 0 Å². The predicted molar refractivity (Wildman–Crippen MR) is 94.0 cm³/mol. The maximum absolute atomic E-state index is 14.0. The number of nitrogens with zero attached hydrogens (tertiary/aromatic N) is 1. The van der Waals surface area contributed by atoms with Crippen LogP contribution >= 0.6 is 0 Å². The average Bonchev–Trinajstić information content (AvgIpc) is 2.96. The number of hydrogen-bond acceptors (Lipinski definition) is 3. The van der Waals surface area contributed by atoms with Gasteiger partial charge in [0.1, 0.15) is 17.3 Å². The molecule has 25 heavy (non-hydrogen) atoms. The van der Waals surface area contributed by atoms with Gasteiger partial charge in [0.2, 0.25) is 5.91 Å². The molecule has 0 bridgehead atoms. The van der Waals surface area contributed by atoms with E-state index in [1.165, 1.54) is 6.07 Å². The molecular weight excluding hydrogens is 321 g/mol. The molecule has 6 heteroatoms. The van der Waals surface area contributed by atoms with E-state index in [0.717, 1.165) is 11.3 Å². The summed E-state index contributed by atoms with van der Waals surface area (Å²) in [4.78, 5) is 12.4. The summed E-state index contributed by atoms with van der Waals surface area (Å²) in [6.45, 7) is 1.78. The average molecular weight is 339 g/mol. The predicted octanol–water partition coefficient (Wildman–Crippen LogP) is 3.71. The zero-order valence-electron chi connectivity index (χ0n) is 14.0. The number of aromatic amines is 1. The smallest absolute Gasteiger partial charge is 0.228 e. The summed E-state index contributed by atoms with van der Waals surface area (Å²) in [5, 5.41) is 9.76. The van der Waals surface area contributed by atoms with Crippen LogP contribution in [0.3, 0.4) is 0 Å². The van der Waals surface area contributed by atoms with Gasteiger partial charge in [-0.15, -0.1) is 0 Å². The second-order valence-corrected chi connectivity index (χ2v) is 5.63. The number of methoxy groups -OCH3 is 1. The molecule has 1 heterocycles. The van der Waals surface area contributed by atoms with Crippen LogP contribution in [0.1, 0.15) is 11.3 Å². The Morgan fingerprint density at radius 2 is 1.92 bits per heavy atom. The number of ether oxygens (including phenoxy) is 1. The zero-order valence-corrected chi connectivity index (χ0v) is 14.0. The van der Waals surface area contributed by atoms with Crippen molar-refractivity contribution in [2.45, 2.75) is 13.3 Å². The van der Waals surface area contributed by atoms with Crippen LogP contribution in [0.4, 0.5) is 10.1 Å². The number of carbonyl (C=O) groups is 1. The minimum Gasteiger partial charge on any atom is -0.497 e. The third kappa shape index (κ3) is 3.68. The van der Waals surface area contributed by atoms with Gasteiger partial charge in [0, 0.05) is 5.56 Å². The molecule has 3 aromatic rings. The Kier molecular flexibility index (Phi) is 4.79. The summed E-state index contributed by atoms with van der Waals surface area (Å²) in [7, 11) is 1.59. The van der Waals surface area contributed by atoms with E-state index >= 15 is 0 Å². The van der Waals surface area contributed by atoms with Gasteiger partial charge in [0.05, 0.1) is 24.9 Å². The number of H-pyrrole nitrogens is 1. The maximum atomic E-state index is 14.0. The summed E-state index contributed by atoms with van der Waals surface area (Å²) < 4.78 is 19.1. The molecular formula is C19H18FN3O2. The van der Waals surface area contributed by atoms with Crippen molar-refractivity contribution >= 4 is 11.6 Å². The van der Waals surface area contributed by atoms with E-state index in [-0.39, 0.29) is 18.1 Å². The SMILES string of the molecule is COc1ccc(CC(=O)Nc2c(-c3ccccc3F)n[nH]c2C)cc1. The lowest BCUT2D eigenvalue weighted by molar-refractivity contribution is -0.115. The number of anilines is 1. The number of amides is 1. The molecule has 0 fully saturated rings. The number of benzene rings is 2. The van der Waals surface area contributed by atoms with E-state index in [1.807, 2.05) is 12.1 Å². The first kappa shape index (κ1) is 16.7. The van der Waals surface area contributed by atoms with Crippen molar-refractivity contribution in [2.24, 2.45) is 0 Å². The first-order valence-corrected chi connectivity index (χ1v) is 7.81. The van der Waals surface area contributed by atoms with Crippen molar-refractivity contribution in [2.75, 3.05) is 12.4 Å². The first-order chi connectivity index (χ1) is 12.1. The molecule has 0 atom stereocenters. The highest BCUT2D eigenvalue weighted by Crippen LogP contribution is 2.30. The van der Waals surface area contributed by atoms with Crippen molar-refractivity contribution in [1.82, 2.24) is 10.2 Å². The Balaban J connectivity index is 1.79. The lowest BCUT2D eigenvalue weighted by Gasteiger charge is -2.08. The van der Waals surface area contributed by atoms with Crippen molar-refractivity contribution in [3.05, 3.63) is 65.6 Å². The van der Waals surface area contributed by atoms with Crippen LogP contribution in [0.5, 0.6) is 5.75 Å². The molecule has 0 radical (unpaired) electrons. The standard InChI is InChI=1S/C19H18FN3O2/c1-12-18(19(23-22-12)15-5-3-4-6-16(15)20)21-17(24)11-13-7-9-14(25-2)10-8-13/h3-10H,11H2,1-2H3,(H,21,24)(H,22,23). The topological polar surface area (TPSA) is 67.0 Å². The van der Waals surface area contributed by atoms with Gasteiger partial charge in [-0.2, -0.15) is 5.10 Å². The molecule has 0 unspecified atom stereocenters. The zero-order chi connectivity index (χ0) is 17.8. The highest BCUT2D eigenvalue weighted by Gasteiger charge is 2.17. The molecule has 128 valence electrons. The van der Waals surface area contributed by atoms with Crippen LogP contribution in [0.25, 0.3) is 11.3 Å². The number of aromatic nitrogens is 2. The fourth-order valence-electron chi connectivity index (χ4n) is 2.54. The van der Waals surface area contributed by atoms with Gasteiger partial charge in [-0.3, -0.25) is 9.89 Å². The Bertz CT molecular complexity index is 888. The van der Waals surface area contributed by atoms with Crippen LogP contribution in [-0.4, -0.2) is 23.2 Å². The molecule has 1 aromatic heterocycles. The van der Waals surface area contributed by atoms with Gasteiger partial charge in [-0.1, -0.05) is 24.3 Å². The monoisotopic (exact) mass is 339 g/mol. The largest absolute Gasteiger partial charge is 0.497 e. The number of carbonyl (C=O) groups excluding carboxylic acids is 1. The van der Waals surface area contributed by atoms with Gasteiger partial charge < -0.3 is 10.1 Å². The Labute approximate surface area is 144 Å². The quantitative estimate of drug-likeness (QED) is 0.744. The van der Waals surface area contributed by atoms with Crippen LogP contribution in [-0.2, 0) is 11.2 Å². The van der Waals surface area contributed by atoms with Gasteiger partial charge in [0.15, 0.2) is 0 Å². The second-order valence-electron chi connectivity index (χ2n) is 5.63. The summed E-state index contributed by atoms with van der Waals surface area (Å²) in [5.41, 5.74) is 2.74. The number of nitrogens with one attached hydrogen (secondary N) is 2. The molecule has 2 aromatic carbocycles. The first-order valence-electron chi connectivity index (χ1n) is 7.81. The lowest BCUT2D eigenvalue weighted by Crippen LogP contribution is -2.15. The fraction of sp³-hybridized carbons (Fsp3) is 0.158. The molecule has 0 aliphatic rings. The number of hydrogen-bond donors (Lipinski definition) is 2. The summed E-state index contributed by atoms with van der Waals surface area (Å²) in [5.74, 6) is 0.142.